The van der Waals surface area contributed by atoms with Crippen molar-refractivity contribution in [1.82, 2.24) is 10.3 Å². The van der Waals surface area contributed by atoms with Crippen molar-refractivity contribution in [3.8, 4) is 0 Å². The summed E-state index contributed by atoms with van der Waals surface area (Å²) in [5.74, 6) is 0.627. The molecule has 1 fully saturated rings. The van der Waals surface area contributed by atoms with E-state index >= 15 is 0 Å². The molecule has 0 saturated carbocycles. The minimum atomic E-state index is 0.627. The zero-order chi connectivity index (χ0) is 11.8. The Labute approximate surface area is 106 Å². The molecule has 1 aliphatic rings. The highest BCUT2D eigenvalue weighted by atomic mass is 32.1. The quantitative estimate of drug-likeness (QED) is 0.834. The van der Waals surface area contributed by atoms with Crippen LogP contribution in [-0.4, -0.2) is 18.1 Å². The van der Waals surface area contributed by atoms with Gasteiger partial charge in [-0.2, -0.15) is 0 Å². The van der Waals surface area contributed by atoms with Crippen LogP contribution in [-0.2, 0) is 0 Å². The summed E-state index contributed by atoms with van der Waals surface area (Å²) in [6, 6.07) is 4.50. The first kappa shape index (κ1) is 11.2. The Morgan fingerprint density at radius 1 is 1.29 bits per heavy atom. The van der Waals surface area contributed by atoms with Crippen molar-refractivity contribution < 1.29 is 0 Å². The Morgan fingerprint density at radius 3 is 2.88 bits per heavy atom. The lowest BCUT2D eigenvalue weighted by atomic mass is 10.0. The molecule has 90 valence electrons. The van der Waals surface area contributed by atoms with Crippen molar-refractivity contribution in [1.29, 1.82) is 0 Å². The van der Waals surface area contributed by atoms with Gasteiger partial charge in [0.1, 0.15) is 0 Å². The summed E-state index contributed by atoms with van der Waals surface area (Å²) in [6.07, 6.45) is 2.56. The summed E-state index contributed by atoms with van der Waals surface area (Å²) in [5.41, 5.74) is 3.89. The van der Waals surface area contributed by atoms with Crippen molar-refractivity contribution >= 4 is 21.6 Å². The van der Waals surface area contributed by atoms with Crippen LogP contribution in [0.5, 0.6) is 0 Å². The summed E-state index contributed by atoms with van der Waals surface area (Å²) >= 11 is 1.88. The van der Waals surface area contributed by atoms with Crippen LogP contribution in [0.2, 0.25) is 0 Å². The number of fused-ring (bicyclic) bond motifs is 1. The number of hydrogen-bond acceptors (Lipinski definition) is 3. The fraction of sp³-hybridized carbons (Fsp3) is 0.500. The van der Waals surface area contributed by atoms with E-state index in [1.54, 1.807) is 0 Å². The van der Waals surface area contributed by atoms with Gasteiger partial charge in [-0.15, -0.1) is 11.3 Å². The topological polar surface area (TPSA) is 24.9 Å². The second-order valence-electron chi connectivity index (χ2n) is 5.00. The van der Waals surface area contributed by atoms with Crippen LogP contribution in [0.3, 0.4) is 0 Å². The number of benzene rings is 1. The molecule has 1 N–H and O–H groups in total. The molecule has 1 aliphatic heterocycles. The van der Waals surface area contributed by atoms with E-state index in [0.29, 0.717) is 5.92 Å². The van der Waals surface area contributed by atoms with Gasteiger partial charge in [-0.25, -0.2) is 4.98 Å². The number of rotatable bonds is 1. The number of piperidine rings is 1. The average molecular weight is 246 g/mol. The SMILES string of the molecule is Cc1cc2nc(C3CCCNC3)sc2cc1C. The summed E-state index contributed by atoms with van der Waals surface area (Å²) in [7, 11) is 0. The molecule has 2 heterocycles. The first-order valence-corrected chi connectivity index (χ1v) is 7.14. The normalized spacial score (nSPS) is 20.9. The molecule has 0 radical (unpaired) electrons. The monoisotopic (exact) mass is 246 g/mol. The van der Waals surface area contributed by atoms with E-state index < -0.39 is 0 Å². The van der Waals surface area contributed by atoms with E-state index in [1.807, 2.05) is 11.3 Å². The van der Waals surface area contributed by atoms with E-state index in [1.165, 1.54) is 45.7 Å². The minimum absolute atomic E-state index is 0.627. The number of aryl methyl sites for hydroxylation is 2. The lowest BCUT2D eigenvalue weighted by Gasteiger charge is -2.20. The largest absolute Gasteiger partial charge is 0.316 e. The van der Waals surface area contributed by atoms with Crippen molar-refractivity contribution in [2.75, 3.05) is 13.1 Å². The van der Waals surface area contributed by atoms with Gasteiger partial charge in [-0.05, 0) is 56.5 Å². The number of aromatic nitrogens is 1. The molecule has 17 heavy (non-hydrogen) atoms. The first-order valence-electron chi connectivity index (χ1n) is 6.32. The highest BCUT2D eigenvalue weighted by Gasteiger charge is 2.19. The molecule has 2 aromatic rings. The zero-order valence-corrected chi connectivity index (χ0v) is 11.2. The highest BCUT2D eigenvalue weighted by molar-refractivity contribution is 7.18. The predicted molar refractivity (Wildman–Crippen MR) is 73.9 cm³/mol. The van der Waals surface area contributed by atoms with Crippen LogP contribution < -0.4 is 5.32 Å². The maximum absolute atomic E-state index is 4.82. The molecular formula is C14H18N2S. The molecule has 3 rings (SSSR count). The van der Waals surface area contributed by atoms with Crippen LogP contribution in [0.1, 0.15) is 34.9 Å². The molecule has 0 amide bonds. The summed E-state index contributed by atoms with van der Waals surface area (Å²) in [6.45, 7) is 6.60. The van der Waals surface area contributed by atoms with Crippen molar-refractivity contribution in [3.63, 3.8) is 0 Å². The molecule has 0 bridgehead atoms. The van der Waals surface area contributed by atoms with Crippen molar-refractivity contribution in [2.24, 2.45) is 0 Å². The van der Waals surface area contributed by atoms with Crippen LogP contribution in [0, 0.1) is 13.8 Å². The summed E-state index contributed by atoms with van der Waals surface area (Å²) < 4.78 is 1.34. The molecule has 2 nitrogen and oxygen atoms in total. The molecule has 1 atom stereocenters. The fourth-order valence-corrected chi connectivity index (χ4v) is 3.62. The van der Waals surface area contributed by atoms with Gasteiger partial charge < -0.3 is 5.32 Å². The maximum Gasteiger partial charge on any atom is 0.0982 e. The molecule has 1 aromatic heterocycles. The van der Waals surface area contributed by atoms with E-state index in [4.69, 9.17) is 4.98 Å². The third-order valence-electron chi connectivity index (χ3n) is 3.67. The summed E-state index contributed by atoms with van der Waals surface area (Å²) in [5, 5.41) is 4.78. The molecular weight excluding hydrogens is 228 g/mol. The average Bonchev–Trinajstić information content (AvgIpc) is 2.74. The number of hydrogen-bond donors (Lipinski definition) is 1. The fourth-order valence-electron chi connectivity index (χ4n) is 2.43. The van der Waals surface area contributed by atoms with Gasteiger partial charge in [0.15, 0.2) is 0 Å². The second kappa shape index (κ2) is 4.39. The Morgan fingerprint density at radius 2 is 2.12 bits per heavy atom. The van der Waals surface area contributed by atoms with Crippen LogP contribution >= 0.6 is 11.3 Å². The zero-order valence-electron chi connectivity index (χ0n) is 10.4. The molecule has 1 saturated heterocycles. The molecule has 1 unspecified atom stereocenters. The van der Waals surface area contributed by atoms with E-state index in [2.05, 4.69) is 31.3 Å². The number of nitrogens with one attached hydrogen (secondary N) is 1. The predicted octanol–water partition coefficient (Wildman–Crippen LogP) is 3.38. The van der Waals surface area contributed by atoms with Gasteiger partial charge in [0.2, 0.25) is 0 Å². The lowest BCUT2D eigenvalue weighted by Crippen LogP contribution is -2.28. The van der Waals surface area contributed by atoms with Gasteiger partial charge in [0, 0.05) is 12.5 Å². The molecule has 3 heteroatoms. The van der Waals surface area contributed by atoms with Gasteiger partial charge in [-0.3, -0.25) is 0 Å². The third kappa shape index (κ3) is 2.09. The second-order valence-corrected chi connectivity index (χ2v) is 6.06. The molecule has 1 aromatic carbocycles. The molecule has 0 aliphatic carbocycles. The lowest BCUT2D eigenvalue weighted by molar-refractivity contribution is 0.461. The first-order chi connectivity index (χ1) is 8.24. The van der Waals surface area contributed by atoms with Crippen molar-refractivity contribution in [2.45, 2.75) is 32.6 Å². The Kier molecular flexibility index (Phi) is 2.89. The highest BCUT2D eigenvalue weighted by Crippen LogP contribution is 2.32. The van der Waals surface area contributed by atoms with Gasteiger partial charge in [-0.1, -0.05) is 0 Å². The van der Waals surface area contributed by atoms with Gasteiger partial charge in [0.25, 0.3) is 0 Å². The smallest absolute Gasteiger partial charge is 0.0982 e. The maximum atomic E-state index is 4.82. The van der Waals surface area contributed by atoms with E-state index in [9.17, 15) is 0 Å². The Hall–Kier alpha value is -0.930. The van der Waals surface area contributed by atoms with Crippen LogP contribution in [0.15, 0.2) is 12.1 Å². The van der Waals surface area contributed by atoms with Crippen molar-refractivity contribution in [3.05, 3.63) is 28.3 Å². The Balaban J connectivity index is 2.00. The summed E-state index contributed by atoms with van der Waals surface area (Å²) in [4.78, 5) is 4.82. The third-order valence-corrected chi connectivity index (χ3v) is 4.85. The van der Waals surface area contributed by atoms with Crippen LogP contribution in [0.25, 0.3) is 10.2 Å². The molecule has 0 spiro atoms. The number of nitrogens with zero attached hydrogens (tertiary/aromatic N) is 1. The number of thiazole rings is 1. The minimum Gasteiger partial charge on any atom is -0.316 e. The van der Waals surface area contributed by atoms with E-state index in [0.717, 1.165) is 6.54 Å². The standard InChI is InChI=1S/C14H18N2S/c1-9-6-12-13(7-10(9)2)17-14(16-12)11-4-3-5-15-8-11/h6-7,11,15H,3-5,8H2,1-2H3. The van der Waals surface area contributed by atoms with Gasteiger partial charge in [0.05, 0.1) is 15.2 Å². The van der Waals surface area contributed by atoms with Gasteiger partial charge >= 0.3 is 0 Å². The van der Waals surface area contributed by atoms with Crippen LogP contribution in [0.4, 0.5) is 0 Å². The Bertz CT molecular complexity index is 499. The van der Waals surface area contributed by atoms with E-state index in [-0.39, 0.29) is 0 Å².